The molecule has 1 aromatic rings. The quantitative estimate of drug-likeness (QED) is 0.316. The normalized spacial score (nSPS) is 25.5. The number of ether oxygens (including phenoxy) is 1. The van der Waals surface area contributed by atoms with Crippen LogP contribution in [0.2, 0.25) is 0 Å². The lowest BCUT2D eigenvalue weighted by atomic mass is 10.1. The minimum absolute atomic E-state index is 0.386. The van der Waals surface area contributed by atoms with E-state index in [1.807, 2.05) is 18.3 Å². The molecule has 1 aliphatic heterocycles. The van der Waals surface area contributed by atoms with Gasteiger partial charge in [0.25, 0.3) is 5.56 Å². The number of hydrogen-bond acceptors (Lipinski definition) is 7. The molecule has 2 rings (SSSR count). The third-order valence-electron chi connectivity index (χ3n) is 4.31. The van der Waals surface area contributed by atoms with Crippen molar-refractivity contribution in [3.05, 3.63) is 32.6 Å². The van der Waals surface area contributed by atoms with Gasteiger partial charge in [-0.15, -0.1) is 13.2 Å². The van der Waals surface area contributed by atoms with E-state index in [4.69, 9.17) is 4.74 Å². The first-order valence-corrected chi connectivity index (χ1v) is 11.5. The molecule has 2 heterocycles. The summed E-state index contributed by atoms with van der Waals surface area (Å²) < 4.78 is 6.52. The highest BCUT2D eigenvalue weighted by Crippen LogP contribution is 2.39. The fraction of sp³-hybridized carbons (Fsp3) is 0.588. The smallest absolute Gasteiger partial charge is 0.330 e. The minimum atomic E-state index is -1.42. The van der Waals surface area contributed by atoms with Gasteiger partial charge in [-0.25, -0.2) is 4.79 Å². The molecule has 150 valence electrons. The second kappa shape index (κ2) is 8.06. The van der Waals surface area contributed by atoms with Gasteiger partial charge in [-0.3, -0.25) is 23.9 Å². The Balaban J connectivity index is 2.33. The van der Waals surface area contributed by atoms with Crippen LogP contribution in [0.5, 0.6) is 0 Å². The van der Waals surface area contributed by atoms with E-state index in [1.54, 1.807) is 0 Å². The summed E-state index contributed by atoms with van der Waals surface area (Å²) in [6, 6.07) is 0. The summed E-state index contributed by atoms with van der Waals surface area (Å²) in [7, 11) is 0. The summed E-state index contributed by atoms with van der Waals surface area (Å²) in [5.74, 6) is -1.17. The number of aromatic nitrogens is 2. The van der Waals surface area contributed by atoms with Crippen LogP contribution in [0.1, 0.15) is 36.4 Å². The van der Waals surface area contributed by atoms with Crippen LogP contribution >= 0.6 is 6.89 Å². The lowest BCUT2D eigenvalue weighted by Crippen LogP contribution is -2.39. The fourth-order valence-corrected chi connectivity index (χ4v) is 3.82. The van der Waals surface area contributed by atoms with Gasteiger partial charge in [-0.2, -0.15) is 0 Å². The first kappa shape index (κ1) is 21.5. The first-order valence-electron chi connectivity index (χ1n) is 8.48. The van der Waals surface area contributed by atoms with Crippen molar-refractivity contribution in [2.75, 3.05) is 19.5 Å². The number of nitrogens with one attached hydrogen (secondary N) is 1. The van der Waals surface area contributed by atoms with Crippen LogP contribution < -0.4 is 11.2 Å². The van der Waals surface area contributed by atoms with E-state index in [9.17, 15) is 29.4 Å². The lowest BCUT2D eigenvalue weighted by Gasteiger charge is -2.19. The summed E-state index contributed by atoms with van der Waals surface area (Å²) in [6.45, 7) is 3.89. The lowest BCUT2D eigenvalue weighted by molar-refractivity contribution is -0.116. The standard InChI is InChI=1S/C17H25N2O7P/c1-9(20)7-11(21)10-8-19(17(25)18-15(10)24)16-14(23)13(22)12(26-16)5-6-27(2,3)4/h8,12-14,16,22-23H,2,5-7H2,1,3-4H3,(H,18,24,25)/t12?,13-,14-,16-/m1/s1. The SMILES string of the molecule is C=P(C)(C)CCC1O[C@@H](n2cc(C(=O)CC(C)=O)c(=O)[nH]c2=O)[C@H](O)[C@@H]1O. The molecule has 1 unspecified atom stereocenters. The number of Topliss-reactive ketones (excluding diaryl/α,β-unsaturated/α-hetero) is 2. The third-order valence-corrected chi connectivity index (χ3v) is 5.78. The van der Waals surface area contributed by atoms with E-state index >= 15 is 0 Å². The highest BCUT2D eigenvalue weighted by molar-refractivity contribution is 7.72. The van der Waals surface area contributed by atoms with Gasteiger partial charge < -0.3 is 14.9 Å². The Kier molecular flexibility index (Phi) is 6.42. The maximum absolute atomic E-state index is 12.2. The molecule has 0 spiro atoms. The molecule has 10 heteroatoms. The number of hydrogen-bond donors (Lipinski definition) is 3. The van der Waals surface area contributed by atoms with E-state index in [2.05, 4.69) is 6.30 Å². The largest absolute Gasteiger partial charge is 0.388 e. The molecule has 1 saturated heterocycles. The van der Waals surface area contributed by atoms with Gasteiger partial charge in [0.05, 0.1) is 18.1 Å². The molecule has 0 aliphatic carbocycles. The Labute approximate surface area is 156 Å². The number of aromatic amines is 1. The summed E-state index contributed by atoms with van der Waals surface area (Å²) >= 11 is 0. The molecular formula is C17H25N2O7P. The molecular weight excluding hydrogens is 375 g/mol. The van der Waals surface area contributed by atoms with E-state index in [0.29, 0.717) is 6.42 Å². The highest BCUT2D eigenvalue weighted by atomic mass is 31.2. The number of H-pyrrole nitrogens is 1. The Morgan fingerprint density at radius 2 is 1.93 bits per heavy atom. The molecule has 1 aliphatic rings. The van der Waals surface area contributed by atoms with Crippen LogP contribution in [0.15, 0.2) is 15.8 Å². The van der Waals surface area contributed by atoms with Crippen molar-refractivity contribution >= 4 is 24.8 Å². The number of carbonyl (C=O) groups excluding carboxylic acids is 2. The summed E-state index contributed by atoms with van der Waals surface area (Å²) in [6.07, 6.45) is 1.13. The zero-order valence-corrected chi connectivity index (χ0v) is 16.4. The van der Waals surface area contributed by atoms with Gasteiger partial charge in [0.15, 0.2) is 12.0 Å². The van der Waals surface area contributed by atoms with E-state index in [-0.39, 0.29) is 5.56 Å². The van der Waals surface area contributed by atoms with Crippen molar-refractivity contribution in [1.82, 2.24) is 9.55 Å². The monoisotopic (exact) mass is 400 g/mol. The predicted molar refractivity (Wildman–Crippen MR) is 102 cm³/mol. The Bertz CT molecular complexity index is 897. The van der Waals surface area contributed by atoms with Gasteiger partial charge in [0, 0.05) is 6.20 Å². The molecule has 0 amide bonds. The van der Waals surface area contributed by atoms with Crippen molar-refractivity contribution < 1.29 is 24.5 Å². The van der Waals surface area contributed by atoms with Crippen LogP contribution in [-0.4, -0.2) is 75.4 Å². The zero-order chi connectivity index (χ0) is 20.5. The molecule has 0 bridgehead atoms. The van der Waals surface area contributed by atoms with Crippen molar-refractivity contribution in [2.24, 2.45) is 0 Å². The molecule has 0 saturated carbocycles. The molecule has 1 aromatic heterocycles. The number of aliphatic hydroxyl groups excluding tert-OH is 2. The van der Waals surface area contributed by atoms with Crippen LogP contribution in [0, 0.1) is 0 Å². The number of aliphatic hydroxyl groups is 2. The third kappa shape index (κ3) is 5.13. The molecule has 0 aromatic carbocycles. The Morgan fingerprint density at radius 1 is 1.30 bits per heavy atom. The summed E-state index contributed by atoms with van der Waals surface area (Å²) in [5.41, 5.74) is -2.19. The molecule has 27 heavy (non-hydrogen) atoms. The molecule has 4 atom stereocenters. The van der Waals surface area contributed by atoms with Crippen LogP contribution in [0.25, 0.3) is 0 Å². The van der Waals surface area contributed by atoms with Gasteiger partial charge in [0.1, 0.15) is 18.0 Å². The van der Waals surface area contributed by atoms with Gasteiger partial charge in [-0.05, 0) is 32.8 Å². The van der Waals surface area contributed by atoms with Gasteiger partial charge in [-0.1, -0.05) is 0 Å². The maximum atomic E-state index is 12.2. The molecule has 0 radical (unpaired) electrons. The number of carbonyl (C=O) groups is 2. The second-order valence-electron chi connectivity index (χ2n) is 7.51. The van der Waals surface area contributed by atoms with Crippen LogP contribution in [0.3, 0.4) is 0 Å². The van der Waals surface area contributed by atoms with Gasteiger partial charge in [0.2, 0.25) is 0 Å². The highest BCUT2D eigenvalue weighted by Gasteiger charge is 2.44. The number of rotatable bonds is 7. The van der Waals surface area contributed by atoms with Crippen LogP contribution in [0.4, 0.5) is 0 Å². The summed E-state index contributed by atoms with van der Waals surface area (Å²) in [4.78, 5) is 49.2. The molecule has 1 fully saturated rings. The average Bonchev–Trinajstić information content (AvgIpc) is 2.80. The Hall–Kier alpha value is -1.80. The van der Waals surface area contributed by atoms with Crippen molar-refractivity contribution in [1.29, 1.82) is 0 Å². The molecule has 3 N–H and O–H groups in total. The second-order valence-corrected chi connectivity index (χ2v) is 11.8. The van der Waals surface area contributed by atoms with Crippen LogP contribution in [-0.2, 0) is 9.53 Å². The van der Waals surface area contributed by atoms with E-state index in [1.165, 1.54) is 6.92 Å². The summed E-state index contributed by atoms with van der Waals surface area (Å²) in [5, 5.41) is 20.6. The minimum Gasteiger partial charge on any atom is -0.388 e. The fourth-order valence-electron chi connectivity index (χ4n) is 2.87. The van der Waals surface area contributed by atoms with Crippen molar-refractivity contribution in [3.8, 4) is 0 Å². The zero-order valence-electron chi connectivity index (χ0n) is 15.5. The topological polar surface area (TPSA) is 139 Å². The Morgan fingerprint density at radius 3 is 2.48 bits per heavy atom. The van der Waals surface area contributed by atoms with E-state index in [0.717, 1.165) is 16.9 Å². The predicted octanol–water partition coefficient (Wildman–Crippen LogP) is -0.583. The average molecular weight is 400 g/mol. The number of ketones is 2. The first-order chi connectivity index (χ1) is 12.4. The van der Waals surface area contributed by atoms with Crippen molar-refractivity contribution in [2.45, 2.75) is 44.3 Å². The van der Waals surface area contributed by atoms with Gasteiger partial charge >= 0.3 is 5.69 Å². The number of nitrogens with zero attached hydrogens (tertiary/aromatic N) is 1. The molecule has 9 nitrogen and oxygen atoms in total. The van der Waals surface area contributed by atoms with E-state index < -0.39 is 60.7 Å². The maximum Gasteiger partial charge on any atom is 0.330 e. The van der Waals surface area contributed by atoms with Crippen molar-refractivity contribution in [3.63, 3.8) is 0 Å².